The molecule has 1 aromatic heterocycles. The largest absolute Gasteiger partial charge is 0.324 e. The molecular formula is C16H15BrN2O2S. The minimum absolute atomic E-state index is 0.0265. The van der Waals surface area contributed by atoms with Crippen LogP contribution in [0.4, 0.5) is 5.69 Å². The molecule has 2 aromatic rings. The summed E-state index contributed by atoms with van der Waals surface area (Å²) >= 11 is 5.08. The number of halogens is 1. The van der Waals surface area contributed by atoms with Crippen LogP contribution in [0.25, 0.3) is 0 Å². The fraction of sp³-hybridized carbons (Fsp3) is 0.250. The predicted octanol–water partition coefficient (Wildman–Crippen LogP) is 3.79. The third-order valence-electron chi connectivity index (χ3n) is 3.64. The van der Waals surface area contributed by atoms with Crippen LogP contribution in [0.1, 0.15) is 29.8 Å². The van der Waals surface area contributed by atoms with Gasteiger partial charge in [0.25, 0.3) is 0 Å². The van der Waals surface area contributed by atoms with Crippen LogP contribution in [0.3, 0.4) is 0 Å². The van der Waals surface area contributed by atoms with Crippen LogP contribution in [-0.4, -0.2) is 23.3 Å². The zero-order valence-electron chi connectivity index (χ0n) is 12.0. The summed E-state index contributed by atoms with van der Waals surface area (Å²) in [6, 6.07) is 9.47. The third kappa shape index (κ3) is 2.80. The number of thiophene rings is 1. The lowest BCUT2D eigenvalue weighted by atomic mass is 10.0. The van der Waals surface area contributed by atoms with Gasteiger partial charge < -0.3 is 10.2 Å². The van der Waals surface area contributed by atoms with E-state index >= 15 is 0 Å². The molecule has 0 aliphatic carbocycles. The van der Waals surface area contributed by atoms with Gasteiger partial charge in [0, 0.05) is 27.0 Å². The van der Waals surface area contributed by atoms with Crippen molar-refractivity contribution >= 4 is 44.8 Å². The highest BCUT2D eigenvalue weighted by Crippen LogP contribution is 2.39. The number of hydrogen-bond acceptors (Lipinski definition) is 3. The topological polar surface area (TPSA) is 49.4 Å². The van der Waals surface area contributed by atoms with Crippen molar-refractivity contribution in [2.24, 2.45) is 0 Å². The van der Waals surface area contributed by atoms with E-state index in [0.717, 1.165) is 20.6 Å². The number of nitrogens with one attached hydrogen (secondary N) is 1. The fourth-order valence-electron chi connectivity index (χ4n) is 2.67. The molecule has 3 rings (SSSR count). The Labute approximate surface area is 141 Å². The molecule has 0 fully saturated rings. The van der Waals surface area contributed by atoms with Gasteiger partial charge in [0.1, 0.15) is 6.54 Å². The van der Waals surface area contributed by atoms with Crippen LogP contribution < -0.4 is 5.32 Å². The monoisotopic (exact) mass is 378 g/mol. The Morgan fingerprint density at radius 2 is 2.27 bits per heavy atom. The maximum absolute atomic E-state index is 12.4. The van der Waals surface area contributed by atoms with Gasteiger partial charge in [0.15, 0.2) is 0 Å². The highest BCUT2D eigenvalue weighted by molar-refractivity contribution is 9.10. The molecule has 6 heteroatoms. The lowest BCUT2D eigenvalue weighted by Crippen LogP contribution is -2.38. The predicted molar refractivity (Wildman–Crippen MR) is 90.9 cm³/mol. The Bertz CT molecular complexity index is 715. The first kappa shape index (κ1) is 15.2. The number of hydrogen-bond donors (Lipinski definition) is 1. The maximum atomic E-state index is 12.4. The summed E-state index contributed by atoms with van der Waals surface area (Å²) in [4.78, 5) is 27.3. The Balaban J connectivity index is 2.19. The standard InChI is InChI=1S/C16H15BrN2O2S/c1-2-15(21)19-9-14(20)18-12-6-5-10(17)8-11(12)16(19)13-4-3-7-22-13/h3-8,16H,2,9H2,1H3,(H,18,20). The molecule has 4 nitrogen and oxygen atoms in total. The zero-order valence-corrected chi connectivity index (χ0v) is 14.4. The van der Waals surface area contributed by atoms with Gasteiger partial charge in [0.05, 0.1) is 6.04 Å². The van der Waals surface area contributed by atoms with Crippen LogP contribution in [0.15, 0.2) is 40.2 Å². The van der Waals surface area contributed by atoms with Crippen molar-refractivity contribution in [2.45, 2.75) is 19.4 Å². The number of benzene rings is 1. The van der Waals surface area contributed by atoms with Gasteiger partial charge in [0.2, 0.25) is 11.8 Å². The summed E-state index contributed by atoms with van der Waals surface area (Å²) < 4.78 is 0.924. The van der Waals surface area contributed by atoms with Gasteiger partial charge in [-0.3, -0.25) is 9.59 Å². The highest BCUT2D eigenvalue weighted by Gasteiger charge is 2.33. The molecule has 1 N–H and O–H groups in total. The van der Waals surface area contributed by atoms with Crippen molar-refractivity contribution < 1.29 is 9.59 Å². The molecule has 114 valence electrons. The van der Waals surface area contributed by atoms with E-state index in [9.17, 15) is 9.59 Å². The first-order valence-corrected chi connectivity index (χ1v) is 8.69. The van der Waals surface area contributed by atoms with E-state index in [1.807, 2.05) is 42.6 Å². The van der Waals surface area contributed by atoms with E-state index in [-0.39, 0.29) is 24.4 Å². The molecular weight excluding hydrogens is 364 g/mol. The Kier molecular flexibility index (Phi) is 4.31. The second kappa shape index (κ2) is 6.22. The quantitative estimate of drug-likeness (QED) is 0.863. The molecule has 0 radical (unpaired) electrons. The van der Waals surface area contributed by atoms with E-state index in [1.165, 1.54) is 0 Å². The third-order valence-corrected chi connectivity index (χ3v) is 5.06. The summed E-state index contributed by atoms with van der Waals surface area (Å²) in [5.41, 5.74) is 1.70. The molecule has 2 heterocycles. The number of fused-ring (bicyclic) bond motifs is 1. The van der Waals surface area contributed by atoms with E-state index < -0.39 is 0 Å². The molecule has 1 aliphatic rings. The number of carbonyl (C=O) groups excluding carboxylic acids is 2. The molecule has 0 bridgehead atoms. The van der Waals surface area contributed by atoms with Crippen molar-refractivity contribution in [3.8, 4) is 0 Å². The summed E-state index contributed by atoms with van der Waals surface area (Å²) in [7, 11) is 0. The normalized spacial score (nSPS) is 17.6. The van der Waals surface area contributed by atoms with Crippen LogP contribution in [0.2, 0.25) is 0 Å². The van der Waals surface area contributed by atoms with E-state index in [1.54, 1.807) is 16.2 Å². The minimum Gasteiger partial charge on any atom is -0.324 e. The number of rotatable bonds is 2. The molecule has 2 amide bonds. The fourth-order valence-corrected chi connectivity index (χ4v) is 3.90. The Morgan fingerprint density at radius 3 is 2.95 bits per heavy atom. The average Bonchev–Trinajstić information content (AvgIpc) is 2.97. The average molecular weight is 379 g/mol. The first-order chi connectivity index (χ1) is 10.6. The van der Waals surface area contributed by atoms with Crippen molar-refractivity contribution in [1.29, 1.82) is 0 Å². The van der Waals surface area contributed by atoms with Crippen molar-refractivity contribution in [3.63, 3.8) is 0 Å². The smallest absolute Gasteiger partial charge is 0.244 e. The van der Waals surface area contributed by atoms with Gasteiger partial charge in [-0.2, -0.15) is 0 Å². The van der Waals surface area contributed by atoms with E-state index in [2.05, 4.69) is 21.2 Å². The number of anilines is 1. The van der Waals surface area contributed by atoms with Gasteiger partial charge in [-0.25, -0.2) is 0 Å². The van der Waals surface area contributed by atoms with Gasteiger partial charge in [-0.1, -0.05) is 28.9 Å². The van der Waals surface area contributed by atoms with Crippen LogP contribution in [0.5, 0.6) is 0 Å². The molecule has 0 spiro atoms. The van der Waals surface area contributed by atoms with Gasteiger partial charge >= 0.3 is 0 Å². The second-order valence-corrected chi connectivity index (χ2v) is 6.97. The molecule has 1 unspecified atom stereocenters. The van der Waals surface area contributed by atoms with Crippen LogP contribution >= 0.6 is 27.3 Å². The van der Waals surface area contributed by atoms with Gasteiger partial charge in [-0.05, 0) is 29.6 Å². The number of carbonyl (C=O) groups is 2. The Morgan fingerprint density at radius 1 is 1.45 bits per heavy atom. The van der Waals surface area contributed by atoms with Crippen molar-refractivity contribution in [2.75, 3.05) is 11.9 Å². The van der Waals surface area contributed by atoms with E-state index in [0.29, 0.717) is 6.42 Å². The maximum Gasteiger partial charge on any atom is 0.244 e. The molecule has 1 atom stereocenters. The summed E-state index contributed by atoms with van der Waals surface area (Å²) in [6.45, 7) is 1.89. The highest BCUT2D eigenvalue weighted by atomic mass is 79.9. The lowest BCUT2D eigenvalue weighted by Gasteiger charge is -2.29. The zero-order chi connectivity index (χ0) is 15.7. The second-order valence-electron chi connectivity index (χ2n) is 5.07. The molecule has 1 aromatic carbocycles. The number of amides is 2. The van der Waals surface area contributed by atoms with E-state index in [4.69, 9.17) is 0 Å². The summed E-state index contributed by atoms with van der Waals surface area (Å²) in [5.74, 6) is -0.189. The van der Waals surface area contributed by atoms with Crippen molar-refractivity contribution in [1.82, 2.24) is 4.90 Å². The lowest BCUT2D eigenvalue weighted by molar-refractivity contribution is -0.135. The summed E-state index contributed by atoms with van der Waals surface area (Å²) in [5, 5.41) is 4.89. The molecule has 22 heavy (non-hydrogen) atoms. The van der Waals surface area contributed by atoms with Crippen molar-refractivity contribution in [3.05, 3.63) is 50.6 Å². The minimum atomic E-state index is -0.237. The first-order valence-electron chi connectivity index (χ1n) is 7.02. The SMILES string of the molecule is CCC(=O)N1CC(=O)Nc2ccc(Br)cc2C1c1cccs1. The van der Waals surface area contributed by atoms with Crippen LogP contribution in [0, 0.1) is 0 Å². The van der Waals surface area contributed by atoms with Gasteiger partial charge in [-0.15, -0.1) is 11.3 Å². The summed E-state index contributed by atoms with van der Waals surface area (Å²) in [6.07, 6.45) is 0.374. The van der Waals surface area contributed by atoms with Crippen LogP contribution in [-0.2, 0) is 9.59 Å². The molecule has 1 aliphatic heterocycles. The molecule has 0 saturated carbocycles. The Hall–Kier alpha value is -1.66. The molecule has 0 saturated heterocycles. The number of nitrogens with zero attached hydrogens (tertiary/aromatic N) is 1.